The van der Waals surface area contributed by atoms with Crippen LogP contribution < -0.4 is 404 Å². The average Bonchev–Trinajstić information content (AvgIpc) is 1.94. The maximum atomic E-state index is 10.2. The summed E-state index contributed by atoms with van der Waals surface area (Å²) >= 11 is -36.8. The smallest absolute Gasteiger partial charge is 1.00 e. The van der Waals surface area contributed by atoms with Crippen LogP contribution >= 0.6 is 0 Å². The molecule has 0 spiro atoms. The molecular weight excluding hydrogens is 1130 g/mol. The molecule has 0 aliphatic rings. The van der Waals surface area contributed by atoms with Gasteiger partial charge in [0.15, 0.2) is 0 Å². The quantitative estimate of drug-likeness (QED) is 0.161. The maximum absolute atomic E-state index is 10.2. The van der Waals surface area contributed by atoms with Gasteiger partial charge in [-0.15, -0.1) is 0 Å². The van der Waals surface area contributed by atoms with Crippen molar-refractivity contribution in [1.82, 2.24) is 0 Å². The zero-order valence-corrected chi connectivity index (χ0v) is 59.6. The van der Waals surface area contributed by atoms with Crippen molar-refractivity contribution in [3.63, 3.8) is 0 Å². The van der Waals surface area contributed by atoms with Crippen LogP contribution in [-0.2, 0) is 22.4 Å². The van der Waals surface area contributed by atoms with E-state index in [0.717, 1.165) is 0 Å². The third-order valence-electron chi connectivity index (χ3n) is 0. The Hall–Kier alpha value is 13.3. The van der Waals surface area contributed by atoms with E-state index in [1.54, 1.807) is 0 Å². The van der Waals surface area contributed by atoms with Crippen molar-refractivity contribution in [2.45, 2.75) is 0 Å². The van der Waals surface area contributed by atoms with Crippen molar-refractivity contribution in [2.24, 2.45) is 0 Å². The van der Waals surface area contributed by atoms with Gasteiger partial charge in [0.25, 0.3) is 0 Å². The number of hydrogen-bond acceptors (Lipinski definition) is 18. The molecule has 0 aromatic rings. The molecular formula is As6F6Na12O18. The largest absolute Gasteiger partial charge is 1.00 e. The summed E-state index contributed by atoms with van der Waals surface area (Å²) in [6.07, 6.45) is 0. The van der Waals surface area contributed by atoms with Gasteiger partial charge in [-0.1, -0.05) is 0 Å². The SMILES string of the molecule is O=[As]([O-])([O-])F.O=[As]([O-])([O-])F.O=[As]([O-])([O-])F.O=[As]([O-])([O-])F.O=[As]([O-])([O-])F.O=[As]([O-])([O-])F.[Na+].[Na+].[Na+].[Na+].[Na+].[Na+].[Na+].[Na+].[Na+].[Na+].[Na+].[Na+]. The Morgan fingerprint density at radius 1 is 0.214 bits per heavy atom. The van der Waals surface area contributed by atoms with Crippen molar-refractivity contribution >= 4 is 87.9 Å². The fourth-order valence-corrected chi connectivity index (χ4v) is 0. The molecule has 42 heavy (non-hydrogen) atoms. The van der Waals surface area contributed by atoms with E-state index in [-0.39, 0.29) is 355 Å². The van der Waals surface area contributed by atoms with Crippen molar-refractivity contribution in [2.75, 3.05) is 0 Å². The predicted octanol–water partition coefficient (Wildman–Crippen LogP) is -50.7. The number of hydrogen-bond donors (Lipinski definition) is 0. The first-order valence-electron chi connectivity index (χ1n) is 4.30. The zero-order chi connectivity index (χ0) is 27.0. The Bertz CT molecular complexity index is 510. The molecule has 0 rings (SSSR count). The van der Waals surface area contributed by atoms with Crippen molar-refractivity contribution in [3.05, 3.63) is 0 Å². The van der Waals surface area contributed by atoms with Crippen LogP contribution in [0, 0.1) is 0 Å². The van der Waals surface area contributed by atoms with Gasteiger partial charge < -0.3 is 0 Å². The molecule has 42 heteroatoms. The molecule has 0 unspecified atom stereocenters. The summed E-state index contributed by atoms with van der Waals surface area (Å²) in [6, 6.07) is 0. The first kappa shape index (κ1) is 117. The molecule has 18 nitrogen and oxygen atoms in total. The van der Waals surface area contributed by atoms with E-state index in [1.165, 1.54) is 0 Å². The molecule has 0 aliphatic carbocycles. The molecule has 0 fully saturated rings. The monoisotopic (exact) mass is 1130 g/mol. The van der Waals surface area contributed by atoms with E-state index >= 15 is 0 Å². The van der Waals surface area contributed by atoms with Crippen LogP contribution in [0.15, 0.2) is 0 Å². The molecule has 0 atom stereocenters. The molecule has 0 heterocycles. The predicted molar refractivity (Wildman–Crippen MR) is 45.3 cm³/mol. The van der Waals surface area contributed by atoms with Gasteiger partial charge in [-0.25, -0.2) is 0 Å². The van der Waals surface area contributed by atoms with Crippen LogP contribution in [0.5, 0.6) is 0 Å². The molecule has 192 valence electrons. The normalized spacial score (nSPS) is 8.43. The molecule has 0 saturated heterocycles. The fourth-order valence-electron chi connectivity index (χ4n) is 0. The van der Waals surface area contributed by atoms with Gasteiger partial charge in [-0.2, -0.15) is 0 Å². The minimum atomic E-state index is -6.12. The van der Waals surface area contributed by atoms with E-state index in [9.17, 15) is 20.8 Å². The molecule has 0 N–H and O–H groups in total. The van der Waals surface area contributed by atoms with Crippen molar-refractivity contribution in [1.29, 1.82) is 0 Å². The summed E-state index contributed by atoms with van der Waals surface area (Å²) in [5.41, 5.74) is 0. The minimum absolute atomic E-state index is 0. The van der Waals surface area contributed by atoms with E-state index in [4.69, 9.17) is 71.6 Å². The summed E-state index contributed by atoms with van der Waals surface area (Å²) in [4.78, 5) is 0. The van der Waals surface area contributed by atoms with E-state index in [0.29, 0.717) is 0 Å². The third kappa shape index (κ3) is 828. The summed E-state index contributed by atoms with van der Waals surface area (Å²) in [5.74, 6) is 0. The fraction of sp³-hybridized carbons (Fsp3) is 0. The minimum Gasteiger partial charge on any atom is 1.00 e. The molecule has 0 aliphatic heterocycles. The van der Waals surface area contributed by atoms with E-state index in [2.05, 4.69) is 0 Å². The standard InChI is InChI=1S/6AsFH2O3.12Na/c6*2-1(3,4)5;;;;;;;;;;;;/h6*(H2,3,4,5);;;;;;;;;;;;/q;;;;;;12*+1/p-12. The van der Waals surface area contributed by atoms with E-state index < -0.39 is 87.9 Å². The van der Waals surface area contributed by atoms with Gasteiger partial charge in [0.1, 0.15) is 0 Å². The van der Waals surface area contributed by atoms with Crippen LogP contribution in [0.2, 0.25) is 0 Å². The van der Waals surface area contributed by atoms with Gasteiger partial charge in [0, 0.05) is 0 Å². The van der Waals surface area contributed by atoms with Gasteiger partial charge in [-0.05, 0) is 0 Å². The summed E-state index contributed by atoms with van der Waals surface area (Å²) < 4.78 is 214. The number of halogens is 6. The summed E-state index contributed by atoms with van der Waals surface area (Å²) in [5, 5.41) is 0. The van der Waals surface area contributed by atoms with Crippen LogP contribution in [-0.4, -0.2) is 87.9 Å². The average molecular weight is 1130 g/mol. The third-order valence-corrected chi connectivity index (χ3v) is 0. The Labute approximate surface area is 520 Å². The van der Waals surface area contributed by atoms with Crippen LogP contribution in [0.25, 0.3) is 0 Å². The van der Waals surface area contributed by atoms with Crippen molar-refractivity contribution < 1.29 is 447 Å². The molecule has 0 bridgehead atoms. The van der Waals surface area contributed by atoms with E-state index in [1.807, 2.05) is 0 Å². The molecule has 0 amide bonds. The first-order valence-corrected chi connectivity index (χ1v) is 22.3. The molecule has 0 aromatic carbocycles. The summed E-state index contributed by atoms with van der Waals surface area (Å²) in [7, 11) is 0. The molecule has 0 radical (unpaired) electrons. The molecule has 0 aromatic heterocycles. The Morgan fingerprint density at radius 2 is 0.214 bits per heavy atom. The second kappa shape index (κ2) is 63.4. The Morgan fingerprint density at radius 3 is 0.214 bits per heavy atom. The van der Waals surface area contributed by atoms with Gasteiger partial charge in [-0.3, -0.25) is 0 Å². The van der Waals surface area contributed by atoms with Gasteiger partial charge >= 0.3 is 535 Å². The Balaban J connectivity index is -0.00000000973. The summed E-state index contributed by atoms with van der Waals surface area (Å²) in [6.45, 7) is 0. The van der Waals surface area contributed by atoms with Gasteiger partial charge in [0.05, 0.1) is 0 Å². The topological polar surface area (TPSA) is 379 Å². The van der Waals surface area contributed by atoms with Crippen molar-refractivity contribution in [3.8, 4) is 0 Å². The van der Waals surface area contributed by atoms with Crippen LogP contribution in [0.3, 0.4) is 0 Å². The second-order valence-corrected chi connectivity index (χ2v) is 13.4. The number of rotatable bonds is 0. The maximum Gasteiger partial charge on any atom is 1.00 e. The zero-order valence-electron chi connectivity index (χ0n) is 24.3. The van der Waals surface area contributed by atoms with Gasteiger partial charge in [0.2, 0.25) is 0 Å². The Kier molecular flexibility index (Phi) is 177. The van der Waals surface area contributed by atoms with Crippen LogP contribution in [0.1, 0.15) is 0 Å². The first-order chi connectivity index (χ1) is 12.0. The molecule has 0 saturated carbocycles. The second-order valence-electron chi connectivity index (χ2n) is 2.58. The van der Waals surface area contributed by atoms with Crippen LogP contribution in [0.4, 0.5) is 20.8 Å².